The molecule has 0 saturated heterocycles. The summed E-state index contributed by atoms with van der Waals surface area (Å²) in [5.41, 5.74) is 4.00. The van der Waals surface area contributed by atoms with E-state index in [9.17, 15) is 4.79 Å². The first-order chi connectivity index (χ1) is 13.0. The summed E-state index contributed by atoms with van der Waals surface area (Å²) in [4.78, 5) is 12.4. The molecule has 0 aliphatic carbocycles. The summed E-state index contributed by atoms with van der Waals surface area (Å²) in [6.45, 7) is 6.22. The summed E-state index contributed by atoms with van der Waals surface area (Å²) in [6, 6.07) is 15.7. The van der Waals surface area contributed by atoms with Crippen LogP contribution in [0.2, 0.25) is 0 Å². The number of nitrogens with two attached hydrogens (primary N) is 1. The van der Waals surface area contributed by atoms with Gasteiger partial charge in [0.2, 0.25) is 11.1 Å². The number of rotatable bonds is 6. The number of aromatic nitrogens is 3. The molecule has 0 atom stereocenters. The number of aryl methyl sites for hydroxylation is 1. The maximum absolute atomic E-state index is 12.4. The third-order valence-electron chi connectivity index (χ3n) is 4.16. The molecule has 0 fully saturated rings. The number of thioether (sulfide) groups is 1. The van der Waals surface area contributed by atoms with Gasteiger partial charge >= 0.3 is 0 Å². The molecule has 3 rings (SSSR count). The van der Waals surface area contributed by atoms with Crippen LogP contribution in [0, 0.1) is 6.92 Å². The second-order valence-electron chi connectivity index (χ2n) is 6.62. The average molecular weight is 382 g/mol. The van der Waals surface area contributed by atoms with E-state index < -0.39 is 0 Å². The minimum absolute atomic E-state index is 0.104. The maximum Gasteiger partial charge on any atom is 0.234 e. The van der Waals surface area contributed by atoms with Crippen molar-refractivity contribution in [1.82, 2.24) is 14.9 Å². The maximum atomic E-state index is 12.4. The van der Waals surface area contributed by atoms with Crippen molar-refractivity contribution in [3.8, 4) is 11.4 Å². The van der Waals surface area contributed by atoms with Crippen molar-refractivity contribution >= 4 is 23.4 Å². The number of nitrogens with zero attached hydrogens (tertiary/aromatic N) is 3. The number of carbonyl (C=O) groups excluding carboxylic acids is 1. The largest absolute Gasteiger partial charge is 0.335 e. The second-order valence-corrected chi connectivity index (χ2v) is 7.56. The number of hydrogen-bond donors (Lipinski definition) is 2. The van der Waals surface area contributed by atoms with Gasteiger partial charge in [-0.1, -0.05) is 73.6 Å². The van der Waals surface area contributed by atoms with Gasteiger partial charge in [-0.15, -0.1) is 10.2 Å². The predicted octanol–water partition coefficient (Wildman–Crippen LogP) is 3.82. The summed E-state index contributed by atoms with van der Waals surface area (Å²) < 4.78 is 1.42. The fraction of sp³-hybridized carbons (Fsp3) is 0.250. The molecule has 1 heterocycles. The van der Waals surface area contributed by atoms with Crippen LogP contribution in [-0.2, 0) is 4.79 Å². The summed E-state index contributed by atoms with van der Waals surface area (Å²) in [5.74, 6) is 7.12. The minimum atomic E-state index is -0.104. The van der Waals surface area contributed by atoms with E-state index in [0.29, 0.717) is 16.9 Å². The molecule has 1 amide bonds. The number of nitrogen functional groups attached to an aromatic ring is 1. The molecule has 6 nitrogen and oxygen atoms in total. The lowest BCUT2D eigenvalue weighted by Gasteiger charge is -2.13. The lowest BCUT2D eigenvalue weighted by Crippen LogP contribution is -2.17. The fourth-order valence-electron chi connectivity index (χ4n) is 2.71. The molecule has 27 heavy (non-hydrogen) atoms. The molecule has 0 aliphatic rings. The van der Waals surface area contributed by atoms with Crippen molar-refractivity contribution in [1.29, 1.82) is 0 Å². The Hall–Kier alpha value is -2.80. The van der Waals surface area contributed by atoms with Crippen LogP contribution in [0.4, 0.5) is 5.69 Å². The molecule has 7 heteroatoms. The molecule has 3 N–H and O–H groups in total. The van der Waals surface area contributed by atoms with Crippen molar-refractivity contribution in [2.75, 3.05) is 16.9 Å². The molecular weight excluding hydrogens is 358 g/mol. The lowest BCUT2D eigenvalue weighted by atomic mass is 10.0. The number of benzene rings is 2. The van der Waals surface area contributed by atoms with E-state index in [1.165, 1.54) is 16.4 Å². The highest BCUT2D eigenvalue weighted by Gasteiger charge is 2.15. The standard InChI is InChI=1S/C20H23N5OS/c1-13(2)16-6-4-5-7-17(16)22-18(26)12-27-20-24-23-19(25(20)21)15-10-8-14(3)9-11-15/h4-11,13H,12,21H2,1-3H3,(H,22,26). The second kappa shape index (κ2) is 8.26. The van der Waals surface area contributed by atoms with Gasteiger partial charge in [0.25, 0.3) is 0 Å². The summed E-state index contributed by atoms with van der Waals surface area (Å²) in [7, 11) is 0. The smallest absolute Gasteiger partial charge is 0.234 e. The highest BCUT2D eigenvalue weighted by Crippen LogP contribution is 2.25. The van der Waals surface area contributed by atoms with Crippen LogP contribution < -0.4 is 11.2 Å². The first kappa shape index (κ1) is 19.0. The molecule has 0 aliphatic heterocycles. The van der Waals surface area contributed by atoms with Gasteiger partial charge in [-0.25, -0.2) is 4.68 Å². The number of carbonyl (C=O) groups is 1. The molecule has 0 saturated carbocycles. The van der Waals surface area contributed by atoms with Crippen LogP contribution in [0.15, 0.2) is 53.7 Å². The number of hydrogen-bond acceptors (Lipinski definition) is 5. The van der Waals surface area contributed by atoms with Crippen LogP contribution in [0.3, 0.4) is 0 Å². The van der Waals surface area contributed by atoms with Gasteiger partial charge in [0, 0.05) is 11.3 Å². The van der Waals surface area contributed by atoms with Gasteiger partial charge in [-0.3, -0.25) is 4.79 Å². The van der Waals surface area contributed by atoms with Crippen molar-refractivity contribution in [2.24, 2.45) is 0 Å². The van der Waals surface area contributed by atoms with E-state index in [-0.39, 0.29) is 11.7 Å². The number of anilines is 1. The zero-order chi connectivity index (χ0) is 19.4. The normalized spacial score (nSPS) is 11.0. The number of amides is 1. The molecule has 1 aromatic heterocycles. The number of nitrogens with one attached hydrogen (secondary N) is 1. The third kappa shape index (κ3) is 4.49. The Morgan fingerprint density at radius 3 is 2.56 bits per heavy atom. The molecule has 3 aromatic rings. The summed E-state index contributed by atoms with van der Waals surface area (Å²) >= 11 is 1.26. The van der Waals surface area contributed by atoms with Gasteiger partial charge in [-0.2, -0.15) is 0 Å². The third-order valence-corrected chi connectivity index (χ3v) is 5.11. The Balaban J connectivity index is 1.65. The molecule has 0 radical (unpaired) electrons. The van der Waals surface area contributed by atoms with Crippen LogP contribution in [0.1, 0.15) is 30.9 Å². The van der Waals surface area contributed by atoms with Crippen molar-refractivity contribution < 1.29 is 4.79 Å². The van der Waals surface area contributed by atoms with E-state index >= 15 is 0 Å². The van der Waals surface area contributed by atoms with Gasteiger partial charge in [0.1, 0.15) is 0 Å². The Morgan fingerprint density at radius 1 is 1.15 bits per heavy atom. The minimum Gasteiger partial charge on any atom is -0.335 e. The zero-order valence-corrected chi connectivity index (χ0v) is 16.5. The first-order valence-electron chi connectivity index (χ1n) is 8.75. The van der Waals surface area contributed by atoms with Gasteiger partial charge < -0.3 is 11.2 Å². The Morgan fingerprint density at radius 2 is 1.85 bits per heavy atom. The van der Waals surface area contributed by atoms with E-state index in [2.05, 4.69) is 29.4 Å². The van der Waals surface area contributed by atoms with Crippen LogP contribution >= 0.6 is 11.8 Å². The molecule has 0 spiro atoms. The SMILES string of the molecule is Cc1ccc(-c2nnc(SCC(=O)Nc3ccccc3C(C)C)n2N)cc1. The summed E-state index contributed by atoms with van der Waals surface area (Å²) in [6.07, 6.45) is 0. The highest BCUT2D eigenvalue weighted by molar-refractivity contribution is 7.99. The van der Waals surface area contributed by atoms with Gasteiger partial charge in [0.05, 0.1) is 5.75 Å². The van der Waals surface area contributed by atoms with Crippen molar-refractivity contribution in [2.45, 2.75) is 31.8 Å². The lowest BCUT2D eigenvalue weighted by molar-refractivity contribution is -0.113. The van der Waals surface area contributed by atoms with Crippen molar-refractivity contribution in [3.63, 3.8) is 0 Å². The topological polar surface area (TPSA) is 85.8 Å². The molecule has 2 aromatic carbocycles. The zero-order valence-electron chi connectivity index (χ0n) is 15.6. The highest BCUT2D eigenvalue weighted by atomic mass is 32.2. The molecule has 0 unspecified atom stereocenters. The monoisotopic (exact) mass is 381 g/mol. The van der Waals surface area contributed by atoms with E-state index in [4.69, 9.17) is 5.84 Å². The van der Waals surface area contributed by atoms with E-state index in [1.54, 1.807) is 0 Å². The van der Waals surface area contributed by atoms with Gasteiger partial charge in [0.15, 0.2) is 5.82 Å². The van der Waals surface area contributed by atoms with Gasteiger partial charge in [-0.05, 0) is 24.5 Å². The van der Waals surface area contributed by atoms with Crippen molar-refractivity contribution in [3.05, 3.63) is 59.7 Å². The Labute approximate surface area is 163 Å². The van der Waals surface area contributed by atoms with Crippen LogP contribution in [0.5, 0.6) is 0 Å². The van der Waals surface area contributed by atoms with Crippen LogP contribution in [-0.4, -0.2) is 26.5 Å². The van der Waals surface area contributed by atoms with Crippen LogP contribution in [0.25, 0.3) is 11.4 Å². The Kier molecular flexibility index (Phi) is 5.81. The average Bonchev–Trinajstić information content (AvgIpc) is 3.01. The Bertz CT molecular complexity index is 934. The quantitative estimate of drug-likeness (QED) is 0.501. The summed E-state index contributed by atoms with van der Waals surface area (Å²) in [5, 5.41) is 11.7. The molecular formula is C20H23N5OS. The predicted molar refractivity (Wildman–Crippen MR) is 110 cm³/mol. The first-order valence-corrected chi connectivity index (χ1v) is 9.73. The van der Waals surface area contributed by atoms with E-state index in [1.807, 2.05) is 55.5 Å². The number of para-hydroxylation sites is 1. The fourth-order valence-corrected chi connectivity index (χ4v) is 3.36. The van der Waals surface area contributed by atoms with E-state index in [0.717, 1.165) is 22.4 Å². The molecule has 140 valence electrons. The molecule has 0 bridgehead atoms.